The largest absolute Gasteiger partial charge is 0.292 e. The maximum Gasteiger partial charge on any atom is 0.167 e. The van der Waals surface area contributed by atoms with E-state index in [4.69, 9.17) is 19.9 Å². The van der Waals surface area contributed by atoms with Crippen LogP contribution >= 0.6 is 11.3 Å². The Labute approximate surface area is 361 Å². The first-order valence-corrected chi connectivity index (χ1v) is 21.5. The zero-order valence-electron chi connectivity index (χ0n) is 33.4. The second kappa shape index (κ2) is 14.9. The van der Waals surface area contributed by atoms with Crippen LogP contribution in [0.1, 0.15) is 0 Å². The number of thiophene rings is 1. The third kappa shape index (κ3) is 6.16. The highest BCUT2D eigenvalue weighted by Gasteiger charge is 2.24. The minimum Gasteiger partial charge on any atom is -0.292 e. The Kier molecular flexibility index (Phi) is 8.61. The molecule has 0 bridgehead atoms. The normalized spacial score (nSPS) is 11.5. The fraction of sp³-hybridized carbons (Fsp3) is 0. The number of benzene rings is 8. The number of hydrogen-bond acceptors (Lipinski definition) is 5. The summed E-state index contributed by atoms with van der Waals surface area (Å²) in [5, 5.41) is 4.81. The Morgan fingerprint density at radius 3 is 1.45 bits per heavy atom. The van der Waals surface area contributed by atoms with E-state index in [1.165, 1.54) is 25.6 Å². The highest BCUT2D eigenvalue weighted by molar-refractivity contribution is 7.26. The van der Waals surface area contributed by atoms with Gasteiger partial charge in [0, 0.05) is 49.1 Å². The Morgan fingerprint density at radius 2 is 0.839 bits per heavy atom. The van der Waals surface area contributed by atoms with Gasteiger partial charge in [-0.1, -0.05) is 170 Å². The van der Waals surface area contributed by atoms with Crippen molar-refractivity contribution in [2.45, 2.75) is 0 Å². The molecule has 0 fully saturated rings. The summed E-state index contributed by atoms with van der Waals surface area (Å²) in [6.45, 7) is 0. The summed E-state index contributed by atoms with van der Waals surface area (Å²) in [7, 11) is 0. The fourth-order valence-corrected chi connectivity index (χ4v) is 9.97. The maximum atomic E-state index is 5.51. The topological polar surface area (TPSA) is 56.5 Å². The van der Waals surface area contributed by atoms with E-state index < -0.39 is 0 Å². The zero-order chi connectivity index (χ0) is 41.0. The Bertz CT molecular complexity index is 3500. The summed E-state index contributed by atoms with van der Waals surface area (Å²) in [4.78, 5) is 21.2. The van der Waals surface area contributed by atoms with Gasteiger partial charge in [-0.25, -0.2) is 19.9 Å². The molecule has 0 atom stereocenters. The van der Waals surface area contributed by atoms with E-state index >= 15 is 0 Å². The minimum absolute atomic E-state index is 0.541. The Morgan fingerprint density at radius 1 is 0.355 bits per heavy atom. The van der Waals surface area contributed by atoms with E-state index in [0.29, 0.717) is 17.5 Å². The molecule has 12 rings (SSSR count). The number of fused-ring (bicyclic) bond motifs is 7. The van der Waals surface area contributed by atoms with Gasteiger partial charge in [-0.2, -0.15) is 0 Å². The van der Waals surface area contributed by atoms with Crippen molar-refractivity contribution >= 4 is 53.3 Å². The van der Waals surface area contributed by atoms with Gasteiger partial charge in [-0.3, -0.25) is 4.57 Å². The first kappa shape index (κ1) is 35.8. The molecule has 12 aromatic rings. The van der Waals surface area contributed by atoms with Crippen molar-refractivity contribution in [3.63, 3.8) is 0 Å². The van der Waals surface area contributed by atoms with E-state index in [-0.39, 0.29) is 0 Å². The number of pyridine rings is 1. The van der Waals surface area contributed by atoms with Crippen LogP contribution in [-0.2, 0) is 0 Å². The summed E-state index contributed by atoms with van der Waals surface area (Å²) in [6, 6.07) is 72.4. The summed E-state index contributed by atoms with van der Waals surface area (Å²) in [5.74, 6) is 2.48. The Hall–Kier alpha value is -8.06. The molecule has 0 unspecified atom stereocenters. The van der Waals surface area contributed by atoms with Crippen LogP contribution in [0.25, 0.3) is 115 Å². The van der Waals surface area contributed by atoms with Gasteiger partial charge >= 0.3 is 0 Å². The highest BCUT2D eigenvalue weighted by Crippen LogP contribution is 2.44. The SMILES string of the molecule is c1ccc(-c2cc(-c3ccccc3)cc(-c3cnc(-n4c5ccccc5c5ccc6c7ccccc7sc6c54)c(-c4nc(-c5ccccc5)nc(-c5ccccc5)n4)c3)c2)cc1. The van der Waals surface area contributed by atoms with Crippen LogP contribution in [0, 0.1) is 0 Å². The molecule has 0 aliphatic carbocycles. The first-order valence-electron chi connectivity index (χ1n) is 20.7. The van der Waals surface area contributed by atoms with Gasteiger partial charge in [0.05, 0.1) is 21.3 Å². The van der Waals surface area contributed by atoms with Gasteiger partial charge in [0.1, 0.15) is 5.82 Å². The second-order valence-corrected chi connectivity index (χ2v) is 16.5. The van der Waals surface area contributed by atoms with Gasteiger partial charge in [0.25, 0.3) is 0 Å². The van der Waals surface area contributed by atoms with Crippen LogP contribution in [0.5, 0.6) is 0 Å². The molecular formula is C56H35N5S. The van der Waals surface area contributed by atoms with Crippen LogP contribution in [0.15, 0.2) is 212 Å². The number of rotatable bonds is 7. The number of hydrogen-bond donors (Lipinski definition) is 0. The van der Waals surface area contributed by atoms with Gasteiger partial charge in [0.15, 0.2) is 17.5 Å². The molecule has 5 nitrogen and oxygen atoms in total. The lowest BCUT2D eigenvalue weighted by Gasteiger charge is -2.16. The van der Waals surface area contributed by atoms with Crippen LogP contribution in [-0.4, -0.2) is 24.5 Å². The predicted molar refractivity (Wildman–Crippen MR) is 257 cm³/mol. The third-order valence-corrected chi connectivity index (χ3v) is 12.9. The van der Waals surface area contributed by atoms with Crippen LogP contribution in [0.3, 0.4) is 0 Å². The molecule has 0 amide bonds. The molecule has 0 saturated carbocycles. The van der Waals surface area contributed by atoms with Crippen LogP contribution < -0.4 is 0 Å². The second-order valence-electron chi connectivity index (χ2n) is 15.5. The molecule has 62 heavy (non-hydrogen) atoms. The molecule has 4 heterocycles. The van der Waals surface area contributed by atoms with Gasteiger partial charge < -0.3 is 0 Å². The van der Waals surface area contributed by atoms with Gasteiger partial charge in [0.2, 0.25) is 0 Å². The average Bonchev–Trinajstić information content (AvgIpc) is 3.91. The summed E-state index contributed by atoms with van der Waals surface area (Å²) in [5.41, 5.74) is 11.3. The summed E-state index contributed by atoms with van der Waals surface area (Å²) >= 11 is 1.83. The van der Waals surface area contributed by atoms with E-state index in [0.717, 1.165) is 72.3 Å². The van der Waals surface area contributed by atoms with Crippen molar-refractivity contribution < 1.29 is 0 Å². The number of aromatic nitrogens is 5. The molecule has 0 N–H and O–H groups in total. The van der Waals surface area contributed by atoms with E-state index in [9.17, 15) is 0 Å². The molecule has 0 aliphatic heterocycles. The minimum atomic E-state index is 0.541. The van der Waals surface area contributed by atoms with E-state index in [1.54, 1.807) is 0 Å². The molecule has 0 spiro atoms. The number of nitrogens with zero attached hydrogens (tertiary/aromatic N) is 5. The highest BCUT2D eigenvalue weighted by atomic mass is 32.1. The van der Waals surface area contributed by atoms with Crippen molar-refractivity contribution in [1.82, 2.24) is 24.5 Å². The lowest BCUT2D eigenvalue weighted by atomic mass is 9.93. The molecule has 6 heteroatoms. The molecule has 8 aromatic carbocycles. The lowest BCUT2D eigenvalue weighted by Crippen LogP contribution is -2.06. The van der Waals surface area contributed by atoms with Crippen molar-refractivity contribution in [3.8, 4) is 73.4 Å². The van der Waals surface area contributed by atoms with Crippen LogP contribution in [0.2, 0.25) is 0 Å². The standard InChI is InChI=1S/C56H35N5S/c1-5-17-36(18-6-1)40-31-41(37-19-7-2-8-20-37)33-42(32-40)43-34-48(55-59-53(38-21-9-3-10-22-38)58-54(60-55)39-23-11-4-12-24-39)56(57-35-43)61-49-27-15-13-25-44(49)46-29-30-47-45-26-14-16-28-50(45)62-52(47)51(46)61/h1-35H. The molecule has 0 saturated heterocycles. The van der Waals surface area contributed by atoms with Crippen molar-refractivity contribution in [2.24, 2.45) is 0 Å². The van der Waals surface area contributed by atoms with E-state index in [1.807, 2.05) is 53.9 Å². The Balaban J connectivity index is 1.18. The summed E-state index contributed by atoms with van der Waals surface area (Å²) in [6.07, 6.45) is 2.01. The third-order valence-electron chi connectivity index (χ3n) is 11.7. The molecule has 0 radical (unpaired) electrons. The smallest absolute Gasteiger partial charge is 0.167 e. The quantitative estimate of drug-likeness (QED) is 0.161. The summed E-state index contributed by atoms with van der Waals surface area (Å²) < 4.78 is 4.80. The molecule has 4 aromatic heterocycles. The van der Waals surface area contributed by atoms with Crippen molar-refractivity contribution in [2.75, 3.05) is 0 Å². The average molecular weight is 810 g/mol. The van der Waals surface area contributed by atoms with Crippen molar-refractivity contribution in [1.29, 1.82) is 0 Å². The number of para-hydroxylation sites is 1. The first-order chi connectivity index (χ1) is 30.7. The predicted octanol–water partition coefficient (Wildman–Crippen LogP) is 14.7. The van der Waals surface area contributed by atoms with E-state index in [2.05, 4.69) is 174 Å². The van der Waals surface area contributed by atoms with Crippen molar-refractivity contribution in [3.05, 3.63) is 212 Å². The zero-order valence-corrected chi connectivity index (χ0v) is 34.2. The lowest BCUT2D eigenvalue weighted by molar-refractivity contribution is 1.04. The van der Waals surface area contributed by atoms with Gasteiger partial charge in [-0.15, -0.1) is 11.3 Å². The monoisotopic (exact) mass is 809 g/mol. The maximum absolute atomic E-state index is 5.51. The molecule has 290 valence electrons. The molecule has 0 aliphatic rings. The fourth-order valence-electron chi connectivity index (χ4n) is 8.73. The molecular weight excluding hydrogens is 775 g/mol. The van der Waals surface area contributed by atoms with Crippen LogP contribution in [0.4, 0.5) is 0 Å². The van der Waals surface area contributed by atoms with Gasteiger partial charge in [-0.05, 0) is 64.2 Å².